The van der Waals surface area contributed by atoms with Crippen molar-refractivity contribution < 1.29 is 13.4 Å². The van der Waals surface area contributed by atoms with Gasteiger partial charge in [-0.1, -0.05) is 36.9 Å². The number of thioether (sulfide) groups is 1. The molecule has 0 spiro atoms. The van der Waals surface area contributed by atoms with Crippen molar-refractivity contribution in [1.29, 1.82) is 0 Å². The van der Waals surface area contributed by atoms with Gasteiger partial charge in [0.15, 0.2) is 5.76 Å². The highest BCUT2D eigenvalue weighted by atomic mass is 32.2. The van der Waals surface area contributed by atoms with E-state index in [4.69, 9.17) is 4.42 Å². The molecule has 28 heavy (non-hydrogen) atoms. The predicted molar refractivity (Wildman–Crippen MR) is 116 cm³/mol. The number of thiazole rings is 1. The number of carbonyl (C=O) groups excluding carboxylic acids is 1. The van der Waals surface area contributed by atoms with E-state index < -0.39 is 10.8 Å². The van der Waals surface area contributed by atoms with Gasteiger partial charge in [0, 0.05) is 63.2 Å². The van der Waals surface area contributed by atoms with Gasteiger partial charge in [-0.05, 0) is 18.9 Å². The summed E-state index contributed by atoms with van der Waals surface area (Å²) < 4.78 is 19.0. The van der Waals surface area contributed by atoms with Crippen LogP contribution in [-0.2, 0) is 16.6 Å². The number of hydrogen-bond donors (Lipinski definition) is 0. The van der Waals surface area contributed by atoms with Crippen LogP contribution >= 0.6 is 23.1 Å². The number of amides is 1. The third-order valence-electron chi connectivity index (χ3n) is 4.71. The van der Waals surface area contributed by atoms with Crippen LogP contribution in [0.3, 0.4) is 0 Å². The normalized spacial score (nSPS) is 20.4. The average Bonchev–Trinajstić information content (AvgIpc) is 3.20. The van der Waals surface area contributed by atoms with Gasteiger partial charge in [0.1, 0.15) is 9.92 Å². The Morgan fingerprint density at radius 1 is 1.43 bits per heavy atom. The molecule has 148 valence electrons. The van der Waals surface area contributed by atoms with Crippen molar-refractivity contribution in [2.24, 2.45) is 5.92 Å². The van der Waals surface area contributed by atoms with Crippen molar-refractivity contribution in [2.45, 2.75) is 23.9 Å². The fourth-order valence-corrected chi connectivity index (χ4v) is 6.62. The zero-order valence-electron chi connectivity index (χ0n) is 15.8. The Hall–Kier alpha value is -1.64. The minimum absolute atomic E-state index is 0.104. The Kier molecular flexibility index (Phi) is 5.89. The maximum Gasteiger partial charge on any atom is 0.289 e. The molecule has 0 bridgehead atoms. The predicted octanol–water partition coefficient (Wildman–Crippen LogP) is 4.33. The largest absolute Gasteiger partial charge is 0.451 e. The van der Waals surface area contributed by atoms with Gasteiger partial charge in [0.2, 0.25) is 0 Å². The lowest BCUT2D eigenvalue weighted by Crippen LogP contribution is -2.35. The number of aryl methyl sites for hydroxylation is 1. The van der Waals surface area contributed by atoms with E-state index in [-0.39, 0.29) is 11.8 Å². The Bertz CT molecular complexity index is 1030. The molecule has 1 aliphatic rings. The first-order valence-electron chi connectivity index (χ1n) is 9.21. The van der Waals surface area contributed by atoms with Gasteiger partial charge < -0.3 is 9.32 Å². The topological polar surface area (TPSA) is 63.4 Å². The second kappa shape index (κ2) is 8.39. The molecule has 0 aliphatic carbocycles. The molecule has 0 N–H and O–H groups in total. The molecule has 8 heteroatoms. The molecule has 4 rings (SSSR count). The number of rotatable bonds is 4. The van der Waals surface area contributed by atoms with Crippen LogP contribution < -0.4 is 0 Å². The van der Waals surface area contributed by atoms with Crippen molar-refractivity contribution in [3.8, 4) is 0 Å². The van der Waals surface area contributed by atoms with E-state index in [0.717, 1.165) is 26.6 Å². The van der Waals surface area contributed by atoms with E-state index >= 15 is 0 Å². The first-order valence-corrected chi connectivity index (χ1v) is 12.6. The van der Waals surface area contributed by atoms with E-state index in [9.17, 15) is 9.00 Å². The molecular weight excluding hydrogens is 412 g/mol. The number of para-hydroxylation sites is 1. The highest BCUT2D eigenvalue weighted by molar-refractivity contribution is 8.00. The lowest BCUT2D eigenvalue weighted by Gasteiger charge is -2.21. The zero-order chi connectivity index (χ0) is 19.7. The Balaban J connectivity index is 1.65. The summed E-state index contributed by atoms with van der Waals surface area (Å²) in [5, 5.41) is 3.00. The van der Waals surface area contributed by atoms with Crippen molar-refractivity contribution in [1.82, 2.24) is 9.88 Å². The summed E-state index contributed by atoms with van der Waals surface area (Å²) in [6.07, 6.45) is 0. The molecule has 5 nitrogen and oxygen atoms in total. The summed E-state index contributed by atoms with van der Waals surface area (Å²) in [7, 11) is -0.863. The standard InChI is InChI=1S/C20H22N2O3S3/c1-13-9-22(7-8-28(24)12-13)19(23)18-16(11-27-20-21-14(2)10-26-20)15-5-3-4-6-17(15)25-18/h3-6,10,13H,7-9,11-12H2,1-2H3/t13-,28-/m1/s1. The lowest BCUT2D eigenvalue weighted by molar-refractivity contribution is 0.0721. The van der Waals surface area contributed by atoms with Crippen LogP contribution in [0.4, 0.5) is 0 Å². The van der Waals surface area contributed by atoms with E-state index in [1.807, 2.05) is 43.5 Å². The quantitative estimate of drug-likeness (QED) is 0.572. The first kappa shape index (κ1) is 19.7. The Labute approximate surface area is 175 Å². The van der Waals surface area contributed by atoms with Gasteiger partial charge in [-0.2, -0.15) is 0 Å². The summed E-state index contributed by atoms with van der Waals surface area (Å²) in [4.78, 5) is 19.6. The van der Waals surface area contributed by atoms with Gasteiger partial charge in [-0.15, -0.1) is 11.3 Å². The Morgan fingerprint density at radius 3 is 3.04 bits per heavy atom. The van der Waals surface area contributed by atoms with Crippen molar-refractivity contribution in [3.05, 3.63) is 46.7 Å². The van der Waals surface area contributed by atoms with E-state index in [1.54, 1.807) is 28.0 Å². The van der Waals surface area contributed by atoms with Crippen molar-refractivity contribution >= 4 is 50.8 Å². The molecule has 1 fully saturated rings. The Morgan fingerprint density at radius 2 is 2.25 bits per heavy atom. The number of benzene rings is 1. The number of hydrogen-bond acceptors (Lipinski definition) is 6. The minimum Gasteiger partial charge on any atom is -0.451 e. The number of furan rings is 1. The molecule has 1 aliphatic heterocycles. The zero-order valence-corrected chi connectivity index (χ0v) is 18.3. The van der Waals surface area contributed by atoms with Crippen molar-refractivity contribution in [2.75, 3.05) is 24.6 Å². The molecule has 1 saturated heterocycles. The molecule has 2 aromatic heterocycles. The van der Waals surface area contributed by atoms with Crippen molar-refractivity contribution in [3.63, 3.8) is 0 Å². The van der Waals surface area contributed by atoms with Gasteiger partial charge in [-0.3, -0.25) is 9.00 Å². The molecule has 1 amide bonds. The number of nitrogens with zero attached hydrogens (tertiary/aromatic N) is 2. The van der Waals surface area contributed by atoms with E-state index in [1.165, 1.54) is 0 Å². The maximum absolute atomic E-state index is 13.3. The maximum atomic E-state index is 13.3. The average molecular weight is 435 g/mol. The van der Waals surface area contributed by atoms with Gasteiger partial charge in [-0.25, -0.2) is 4.98 Å². The van der Waals surface area contributed by atoms with Crippen LogP contribution in [0.1, 0.15) is 28.7 Å². The summed E-state index contributed by atoms with van der Waals surface area (Å²) >= 11 is 3.24. The summed E-state index contributed by atoms with van der Waals surface area (Å²) in [5.41, 5.74) is 2.65. The molecule has 0 unspecified atom stereocenters. The first-order chi connectivity index (χ1) is 13.5. The van der Waals surface area contributed by atoms with Gasteiger partial charge >= 0.3 is 0 Å². The SMILES string of the molecule is Cc1csc(SCc2c(C(=O)N3CC[S@@](=O)C[C@H](C)C3)oc3ccccc23)n1. The molecule has 3 aromatic rings. The highest BCUT2D eigenvalue weighted by Crippen LogP contribution is 2.34. The second-order valence-corrected chi connectivity index (χ2v) is 10.8. The van der Waals surface area contributed by atoms with Gasteiger partial charge in [0.25, 0.3) is 5.91 Å². The third kappa shape index (κ3) is 4.18. The summed E-state index contributed by atoms with van der Waals surface area (Å²) in [6.45, 7) is 5.14. The molecule has 1 aromatic carbocycles. The number of aromatic nitrogens is 1. The van der Waals surface area contributed by atoms with E-state index in [0.29, 0.717) is 36.1 Å². The smallest absolute Gasteiger partial charge is 0.289 e. The fourth-order valence-electron chi connectivity index (χ4n) is 3.41. The van der Waals surface area contributed by atoms with Crippen LogP contribution in [0.25, 0.3) is 11.0 Å². The second-order valence-electron chi connectivity index (χ2n) is 7.12. The summed E-state index contributed by atoms with van der Waals surface area (Å²) in [6, 6.07) is 7.77. The molecular formula is C20H22N2O3S3. The van der Waals surface area contributed by atoms with Gasteiger partial charge in [0.05, 0.1) is 0 Å². The molecule has 3 heterocycles. The number of carbonyl (C=O) groups is 1. The molecule has 0 saturated carbocycles. The van der Waals surface area contributed by atoms with E-state index in [2.05, 4.69) is 4.98 Å². The van der Waals surface area contributed by atoms with Crippen LogP contribution in [0, 0.1) is 12.8 Å². The third-order valence-corrected chi connectivity index (χ3v) is 8.45. The monoisotopic (exact) mass is 434 g/mol. The summed E-state index contributed by atoms with van der Waals surface area (Å²) in [5.74, 6) is 2.32. The van der Waals surface area contributed by atoms with Crippen LogP contribution in [0.15, 0.2) is 38.4 Å². The highest BCUT2D eigenvalue weighted by Gasteiger charge is 2.28. The van der Waals surface area contributed by atoms with Crippen LogP contribution in [0.2, 0.25) is 0 Å². The molecule has 0 radical (unpaired) electrons. The minimum atomic E-state index is -0.863. The molecule has 2 atom stereocenters. The van der Waals surface area contributed by atoms with Crippen LogP contribution in [-0.4, -0.2) is 44.6 Å². The lowest BCUT2D eigenvalue weighted by atomic mass is 10.1. The number of fused-ring (bicyclic) bond motifs is 1. The fraction of sp³-hybridized carbons (Fsp3) is 0.400. The van der Waals surface area contributed by atoms with Crippen LogP contribution in [0.5, 0.6) is 0 Å².